The Kier molecular flexibility index (Phi) is 7.54. The second-order valence-corrected chi connectivity index (χ2v) is 2.91. The van der Waals surface area contributed by atoms with Crippen molar-refractivity contribution in [3.8, 4) is 0 Å². The van der Waals surface area contributed by atoms with Crippen molar-refractivity contribution in [1.29, 1.82) is 0 Å². The maximum atomic E-state index is 5.79. The van der Waals surface area contributed by atoms with Gasteiger partial charge in [0.05, 0.1) is 0 Å². The minimum Gasteiger partial charge on any atom is -0.362 e. The molecular formula is C8H17ClO. The van der Waals surface area contributed by atoms with Crippen LogP contribution in [0.25, 0.3) is 0 Å². The smallest absolute Gasteiger partial charge is 0.131 e. The molecule has 0 heterocycles. The van der Waals surface area contributed by atoms with E-state index in [9.17, 15) is 0 Å². The third kappa shape index (κ3) is 6.37. The second-order valence-electron chi connectivity index (χ2n) is 2.42. The van der Waals surface area contributed by atoms with Crippen LogP contribution >= 0.6 is 11.6 Å². The highest BCUT2D eigenvalue weighted by molar-refractivity contribution is 6.19. The van der Waals surface area contributed by atoms with E-state index in [1.54, 1.807) is 0 Å². The molecule has 1 unspecified atom stereocenters. The average Bonchev–Trinajstić information content (AvgIpc) is 1.89. The lowest BCUT2D eigenvalue weighted by Crippen LogP contribution is -2.05. The predicted octanol–water partition coefficient (Wildman–Crippen LogP) is 3.17. The van der Waals surface area contributed by atoms with E-state index in [-0.39, 0.29) is 5.56 Å². The van der Waals surface area contributed by atoms with Gasteiger partial charge in [0.15, 0.2) is 0 Å². The molecule has 0 fully saturated rings. The largest absolute Gasteiger partial charge is 0.362 e. The van der Waals surface area contributed by atoms with Crippen LogP contribution in [0.5, 0.6) is 0 Å². The van der Waals surface area contributed by atoms with Crippen molar-refractivity contribution in [3.05, 3.63) is 0 Å². The molecule has 0 aliphatic carbocycles. The summed E-state index contributed by atoms with van der Waals surface area (Å²) in [7, 11) is 0. The number of rotatable bonds is 6. The van der Waals surface area contributed by atoms with E-state index < -0.39 is 0 Å². The van der Waals surface area contributed by atoms with Crippen molar-refractivity contribution in [2.45, 2.75) is 45.1 Å². The molecule has 62 valence electrons. The van der Waals surface area contributed by atoms with E-state index in [1.807, 2.05) is 0 Å². The molecular weight excluding hydrogens is 148 g/mol. The number of hydrogen-bond acceptors (Lipinski definition) is 1. The first-order valence-electron chi connectivity index (χ1n) is 4.07. The second kappa shape index (κ2) is 7.36. The molecule has 0 spiro atoms. The number of ether oxygens (including phenoxy) is 1. The van der Waals surface area contributed by atoms with Crippen LogP contribution in [0.4, 0.5) is 0 Å². The molecule has 0 saturated carbocycles. The van der Waals surface area contributed by atoms with Crippen molar-refractivity contribution >= 4 is 11.6 Å². The Balaban J connectivity index is 2.97. The Hall–Kier alpha value is 0.250. The molecule has 1 atom stereocenters. The molecule has 0 bridgehead atoms. The normalized spacial score (nSPS) is 13.5. The molecule has 0 aliphatic heterocycles. The summed E-state index contributed by atoms with van der Waals surface area (Å²) in [5.74, 6) is 0. The Labute approximate surface area is 68.7 Å². The molecule has 0 N–H and O–H groups in total. The van der Waals surface area contributed by atoms with Crippen LogP contribution in [-0.2, 0) is 4.74 Å². The van der Waals surface area contributed by atoms with Gasteiger partial charge in [-0.2, -0.15) is 0 Å². The van der Waals surface area contributed by atoms with Crippen LogP contribution in [0.1, 0.15) is 39.5 Å². The van der Waals surface area contributed by atoms with Gasteiger partial charge in [0, 0.05) is 6.61 Å². The lowest BCUT2D eigenvalue weighted by atomic mass is 10.3. The lowest BCUT2D eigenvalue weighted by Gasteiger charge is -2.08. The maximum absolute atomic E-state index is 5.79. The van der Waals surface area contributed by atoms with Crippen LogP contribution in [0.3, 0.4) is 0 Å². The van der Waals surface area contributed by atoms with E-state index >= 15 is 0 Å². The fourth-order valence-corrected chi connectivity index (χ4v) is 0.973. The van der Waals surface area contributed by atoms with Crippen LogP contribution in [-0.4, -0.2) is 12.2 Å². The first-order valence-corrected chi connectivity index (χ1v) is 4.50. The third-order valence-corrected chi connectivity index (χ3v) is 1.66. The van der Waals surface area contributed by atoms with Gasteiger partial charge in [-0.3, -0.25) is 0 Å². The maximum Gasteiger partial charge on any atom is 0.131 e. The molecule has 0 rings (SSSR count). The quantitative estimate of drug-likeness (QED) is 0.433. The predicted molar refractivity (Wildman–Crippen MR) is 45.4 cm³/mol. The molecule has 0 saturated heterocycles. The molecule has 10 heavy (non-hydrogen) atoms. The zero-order valence-corrected chi connectivity index (χ0v) is 7.66. The Morgan fingerprint density at radius 2 is 2.00 bits per heavy atom. The first kappa shape index (κ1) is 10.2. The zero-order chi connectivity index (χ0) is 7.82. The van der Waals surface area contributed by atoms with Gasteiger partial charge in [-0.25, -0.2) is 0 Å². The van der Waals surface area contributed by atoms with E-state index in [1.165, 1.54) is 6.42 Å². The zero-order valence-electron chi connectivity index (χ0n) is 6.90. The summed E-state index contributed by atoms with van der Waals surface area (Å²) in [4.78, 5) is 0. The standard InChI is InChI=1S/C8H17ClO/c1-3-5-7-10-8(9)6-4-2/h8H,3-7H2,1-2H3. The van der Waals surface area contributed by atoms with Crippen molar-refractivity contribution in [3.63, 3.8) is 0 Å². The number of halogens is 1. The fourth-order valence-electron chi connectivity index (χ4n) is 0.666. The van der Waals surface area contributed by atoms with Gasteiger partial charge in [0.25, 0.3) is 0 Å². The molecule has 1 nitrogen and oxygen atoms in total. The van der Waals surface area contributed by atoms with Crippen molar-refractivity contribution < 1.29 is 4.74 Å². The SMILES string of the molecule is CCCCOC(Cl)CCC. The van der Waals surface area contributed by atoms with E-state index in [2.05, 4.69) is 13.8 Å². The Morgan fingerprint density at radius 3 is 2.50 bits per heavy atom. The van der Waals surface area contributed by atoms with Crippen molar-refractivity contribution in [2.75, 3.05) is 6.61 Å². The molecule has 2 heteroatoms. The fraction of sp³-hybridized carbons (Fsp3) is 1.00. The summed E-state index contributed by atoms with van der Waals surface area (Å²) in [5.41, 5.74) is -0.0588. The van der Waals surface area contributed by atoms with Gasteiger partial charge in [-0.05, 0) is 12.8 Å². The summed E-state index contributed by atoms with van der Waals surface area (Å²) >= 11 is 5.79. The van der Waals surface area contributed by atoms with Gasteiger partial charge in [-0.15, -0.1) is 0 Å². The highest BCUT2D eigenvalue weighted by Gasteiger charge is 2.00. The van der Waals surface area contributed by atoms with Crippen molar-refractivity contribution in [1.82, 2.24) is 0 Å². The monoisotopic (exact) mass is 164 g/mol. The van der Waals surface area contributed by atoms with Crippen LogP contribution < -0.4 is 0 Å². The molecule has 0 aliphatic rings. The van der Waals surface area contributed by atoms with Gasteiger partial charge < -0.3 is 4.74 Å². The van der Waals surface area contributed by atoms with Crippen molar-refractivity contribution in [2.24, 2.45) is 0 Å². The number of hydrogen-bond donors (Lipinski definition) is 0. The van der Waals surface area contributed by atoms with Gasteiger partial charge in [-0.1, -0.05) is 38.3 Å². The third-order valence-electron chi connectivity index (χ3n) is 1.31. The van der Waals surface area contributed by atoms with Crippen LogP contribution in [0, 0.1) is 0 Å². The van der Waals surface area contributed by atoms with E-state index in [4.69, 9.17) is 16.3 Å². The minimum atomic E-state index is -0.0588. The Bertz CT molecular complexity index is 66.3. The topological polar surface area (TPSA) is 9.23 Å². The minimum absolute atomic E-state index is 0.0588. The lowest BCUT2D eigenvalue weighted by molar-refractivity contribution is 0.0989. The summed E-state index contributed by atoms with van der Waals surface area (Å²) in [6, 6.07) is 0. The molecule has 0 amide bonds. The molecule has 0 radical (unpaired) electrons. The Morgan fingerprint density at radius 1 is 1.30 bits per heavy atom. The van der Waals surface area contributed by atoms with E-state index in [0.717, 1.165) is 25.9 Å². The number of alkyl halides is 1. The summed E-state index contributed by atoms with van der Waals surface area (Å²) in [5, 5.41) is 0. The molecule has 0 aromatic heterocycles. The summed E-state index contributed by atoms with van der Waals surface area (Å²) in [6.45, 7) is 5.07. The highest BCUT2D eigenvalue weighted by atomic mass is 35.5. The first-order chi connectivity index (χ1) is 4.81. The van der Waals surface area contributed by atoms with Gasteiger partial charge in [0.2, 0.25) is 0 Å². The summed E-state index contributed by atoms with van der Waals surface area (Å²) in [6.07, 6.45) is 4.36. The molecule has 0 aromatic carbocycles. The van der Waals surface area contributed by atoms with Crippen LogP contribution in [0.2, 0.25) is 0 Å². The molecule has 0 aromatic rings. The summed E-state index contributed by atoms with van der Waals surface area (Å²) < 4.78 is 5.29. The average molecular weight is 165 g/mol. The van der Waals surface area contributed by atoms with Crippen LogP contribution in [0.15, 0.2) is 0 Å². The highest BCUT2D eigenvalue weighted by Crippen LogP contribution is 2.06. The van der Waals surface area contributed by atoms with E-state index in [0.29, 0.717) is 0 Å². The number of unbranched alkanes of at least 4 members (excludes halogenated alkanes) is 1. The van der Waals surface area contributed by atoms with Gasteiger partial charge in [0.1, 0.15) is 5.56 Å². The van der Waals surface area contributed by atoms with Gasteiger partial charge >= 0.3 is 0 Å².